The zero-order valence-electron chi connectivity index (χ0n) is 18.1. The number of anilines is 1. The van der Waals surface area contributed by atoms with Crippen LogP contribution >= 0.6 is 11.6 Å². The summed E-state index contributed by atoms with van der Waals surface area (Å²) in [5.41, 5.74) is 2.93. The van der Waals surface area contributed by atoms with Crippen LogP contribution in [0.1, 0.15) is 37.3 Å². The van der Waals surface area contributed by atoms with E-state index in [1.165, 1.54) is 0 Å². The van der Waals surface area contributed by atoms with E-state index in [-0.39, 0.29) is 24.3 Å². The van der Waals surface area contributed by atoms with Crippen molar-refractivity contribution in [3.63, 3.8) is 0 Å². The number of likely N-dealkylation sites (tertiary alicyclic amines) is 2. The van der Waals surface area contributed by atoms with Crippen molar-refractivity contribution in [3.8, 4) is 11.1 Å². The van der Waals surface area contributed by atoms with Crippen molar-refractivity contribution < 1.29 is 9.59 Å². The maximum atomic E-state index is 12.9. The Labute approximate surface area is 188 Å². The fraction of sp³-hybridized carbons (Fsp3) is 0.478. The molecule has 0 spiro atoms. The lowest BCUT2D eigenvalue weighted by molar-refractivity contribution is -0.139. The second-order valence-corrected chi connectivity index (χ2v) is 8.90. The number of carbonyl (C=O) groups excluding carboxylic acids is 2. The highest BCUT2D eigenvalue weighted by Crippen LogP contribution is 2.34. The summed E-state index contributed by atoms with van der Waals surface area (Å²) in [4.78, 5) is 39.7. The number of amides is 2. The maximum absolute atomic E-state index is 12.9. The van der Waals surface area contributed by atoms with Gasteiger partial charge in [0.15, 0.2) is 0 Å². The highest BCUT2D eigenvalue weighted by molar-refractivity contribution is 6.30. The van der Waals surface area contributed by atoms with Gasteiger partial charge in [-0.25, -0.2) is 9.97 Å². The molecule has 7 nitrogen and oxygen atoms in total. The highest BCUT2D eigenvalue weighted by Gasteiger charge is 2.30. The predicted molar refractivity (Wildman–Crippen MR) is 121 cm³/mol. The average molecular weight is 442 g/mol. The lowest BCUT2D eigenvalue weighted by Gasteiger charge is -2.34. The Hall–Kier alpha value is -2.67. The van der Waals surface area contributed by atoms with Crippen LogP contribution < -0.4 is 4.90 Å². The molecule has 1 aromatic carbocycles. The first-order valence-electron chi connectivity index (χ1n) is 10.8. The molecule has 2 aliphatic heterocycles. The first kappa shape index (κ1) is 21.6. The maximum Gasteiger partial charge on any atom is 0.242 e. The lowest BCUT2D eigenvalue weighted by atomic mass is 9.90. The molecule has 4 rings (SSSR count). The first-order chi connectivity index (χ1) is 14.9. The van der Waals surface area contributed by atoms with Gasteiger partial charge in [-0.3, -0.25) is 9.59 Å². The molecule has 2 aromatic rings. The van der Waals surface area contributed by atoms with E-state index in [0.29, 0.717) is 30.5 Å². The summed E-state index contributed by atoms with van der Waals surface area (Å²) >= 11 is 6.08. The largest absolute Gasteiger partial charge is 0.347 e. The molecule has 2 fully saturated rings. The van der Waals surface area contributed by atoms with Crippen LogP contribution in [-0.2, 0) is 9.59 Å². The molecule has 3 heterocycles. The minimum Gasteiger partial charge on any atom is -0.347 e. The molecule has 31 heavy (non-hydrogen) atoms. The van der Waals surface area contributed by atoms with Gasteiger partial charge in [0.2, 0.25) is 17.8 Å². The minimum absolute atomic E-state index is 0.0230. The summed E-state index contributed by atoms with van der Waals surface area (Å²) in [6.45, 7) is 2.19. The highest BCUT2D eigenvalue weighted by atomic mass is 35.5. The summed E-state index contributed by atoms with van der Waals surface area (Å²) in [6, 6.07) is 7.68. The van der Waals surface area contributed by atoms with E-state index in [9.17, 15) is 9.59 Å². The summed E-state index contributed by atoms with van der Waals surface area (Å²) in [5, 5.41) is 0.682. The Balaban J connectivity index is 1.59. The van der Waals surface area contributed by atoms with Crippen molar-refractivity contribution in [2.45, 2.75) is 31.6 Å². The summed E-state index contributed by atoms with van der Waals surface area (Å²) in [6.07, 6.45) is 5.12. The minimum atomic E-state index is 0.0230. The van der Waals surface area contributed by atoms with E-state index in [2.05, 4.69) is 4.98 Å². The number of piperidine rings is 1. The van der Waals surface area contributed by atoms with Crippen molar-refractivity contribution in [2.75, 3.05) is 45.2 Å². The lowest BCUT2D eigenvalue weighted by Crippen LogP contribution is -2.45. The third-order valence-electron chi connectivity index (χ3n) is 6.02. The van der Waals surface area contributed by atoms with Crippen LogP contribution in [0.25, 0.3) is 11.1 Å². The van der Waals surface area contributed by atoms with Gasteiger partial charge >= 0.3 is 0 Å². The van der Waals surface area contributed by atoms with Crippen molar-refractivity contribution in [3.05, 3.63) is 41.2 Å². The number of carbonyl (C=O) groups is 2. The zero-order valence-corrected chi connectivity index (χ0v) is 18.8. The van der Waals surface area contributed by atoms with Crippen LogP contribution in [-0.4, -0.2) is 71.9 Å². The van der Waals surface area contributed by atoms with Gasteiger partial charge in [-0.2, -0.15) is 0 Å². The Bertz CT molecular complexity index is 963. The van der Waals surface area contributed by atoms with Crippen LogP contribution in [0.15, 0.2) is 30.5 Å². The summed E-state index contributed by atoms with van der Waals surface area (Å²) < 4.78 is 0. The molecular formula is C23H28ClN5O2. The SMILES string of the molecule is CN(C)c1ncc(-c2ccc(Cl)cc2)c(C2CCCN(C(=O)CN3CCCC3=O)C2)n1. The van der Waals surface area contributed by atoms with Gasteiger partial charge in [0.25, 0.3) is 0 Å². The molecule has 2 aliphatic rings. The summed E-state index contributed by atoms with van der Waals surface area (Å²) in [7, 11) is 3.84. The standard InChI is InChI=1S/C23H28ClN5O2/c1-27(2)23-25-13-19(16-7-9-18(24)10-8-16)22(26-23)17-5-3-11-28(14-17)21(31)15-29-12-4-6-20(29)30/h7-10,13,17H,3-6,11-12,14-15H2,1-2H3. The Morgan fingerprint density at radius 2 is 1.97 bits per heavy atom. The van der Waals surface area contributed by atoms with Crippen molar-refractivity contribution >= 4 is 29.4 Å². The molecule has 0 saturated carbocycles. The van der Waals surface area contributed by atoms with Crippen molar-refractivity contribution in [1.29, 1.82) is 0 Å². The molecular weight excluding hydrogens is 414 g/mol. The summed E-state index contributed by atoms with van der Waals surface area (Å²) in [5.74, 6) is 0.867. The first-order valence-corrected chi connectivity index (χ1v) is 11.2. The van der Waals surface area contributed by atoms with Crippen LogP contribution in [0.2, 0.25) is 5.02 Å². The van der Waals surface area contributed by atoms with Gasteiger partial charge in [0.05, 0.1) is 12.2 Å². The zero-order chi connectivity index (χ0) is 22.0. The molecule has 0 N–H and O–H groups in total. The average Bonchev–Trinajstić information content (AvgIpc) is 3.18. The molecule has 0 bridgehead atoms. The monoisotopic (exact) mass is 441 g/mol. The van der Waals surface area contributed by atoms with E-state index in [0.717, 1.165) is 42.6 Å². The molecule has 0 aliphatic carbocycles. The molecule has 2 amide bonds. The van der Waals surface area contributed by atoms with E-state index in [1.807, 2.05) is 54.4 Å². The molecule has 8 heteroatoms. The van der Waals surface area contributed by atoms with Gasteiger partial charge in [0.1, 0.15) is 0 Å². The number of hydrogen-bond donors (Lipinski definition) is 0. The number of hydrogen-bond acceptors (Lipinski definition) is 5. The second-order valence-electron chi connectivity index (χ2n) is 8.47. The Kier molecular flexibility index (Phi) is 6.41. The number of benzene rings is 1. The Morgan fingerprint density at radius 3 is 2.65 bits per heavy atom. The normalized spacial score (nSPS) is 19.1. The van der Waals surface area contributed by atoms with E-state index in [4.69, 9.17) is 16.6 Å². The third-order valence-corrected chi connectivity index (χ3v) is 6.27. The van der Waals surface area contributed by atoms with Crippen LogP contribution in [0.4, 0.5) is 5.95 Å². The smallest absolute Gasteiger partial charge is 0.242 e. The second kappa shape index (κ2) is 9.22. The van der Waals surface area contributed by atoms with Gasteiger partial charge in [-0.1, -0.05) is 23.7 Å². The van der Waals surface area contributed by atoms with Gasteiger partial charge in [-0.15, -0.1) is 0 Å². The van der Waals surface area contributed by atoms with Crippen LogP contribution in [0, 0.1) is 0 Å². The van der Waals surface area contributed by atoms with E-state index in [1.54, 1.807) is 4.90 Å². The molecule has 1 aromatic heterocycles. The third kappa shape index (κ3) is 4.82. The quantitative estimate of drug-likeness (QED) is 0.712. The molecule has 2 saturated heterocycles. The molecule has 1 unspecified atom stereocenters. The van der Waals surface area contributed by atoms with Gasteiger partial charge in [0, 0.05) is 62.9 Å². The molecule has 0 radical (unpaired) electrons. The fourth-order valence-electron chi connectivity index (χ4n) is 4.33. The van der Waals surface area contributed by atoms with Crippen molar-refractivity contribution in [2.24, 2.45) is 0 Å². The number of nitrogens with zero attached hydrogens (tertiary/aromatic N) is 5. The Morgan fingerprint density at radius 1 is 1.19 bits per heavy atom. The van der Waals surface area contributed by atoms with Gasteiger partial charge < -0.3 is 14.7 Å². The number of rotatable bonds is 5. The molecule has 1 atom stereocenters. The van der Waals surface area contributed by atoms with Crippen molar-refractivity contribution in [1.82, 2.24) is 19.8 Å². The topological polar surface area (TPSA) is 69.6 Å². The van der Waals surface area contributed by atoms with E-state index < -0.39 is 0 Å². The number of aromatic nitrogens is 2. The van der Waals surface area contributed by atoms with Crippen LogP contribution in [0.3, 0.4) is 0 Å². The predicted octanol–water partition coefficient (Wildman–Crippen LogP) is 3.19. The number of halogens is 1. The van der Waals surface area contributed by atoms with Gasteiger partial charge in [-0.05, 0) is 37.0 Å². The fourth-order valence-corrected chi connectivity index (χ4v) is 4.45. The van der Waals surface area contributed by atoms with Crippen LogP contribution in [0.5, 0.6) is 0 Å². The molecule has 164 valence electrons. The van der Waals surface area contributed by atoms with E-state index >= 15 is 0 Å².